The maximum Gasteiger partial charge on any atom is 0.00514 e. The van der Waals surface area contributed by atoms with Crippen molar-refractivity contribution in [3.8, 4) is 0 Å². The van der Waals surface area contributed by atoms with Crippen LogP contribution in [0.2, 0.25) is 0 Å². The third-order valence-corrected chi connectivity index (χ3v) is 4.32. The highest BCUT2D eigenvalue weighted by Gasteiger charge is 2.10. The van der Waals surface area contributed by atoms with Crippen LogP contribution < -0.4 is 5.32 Å². The first-order valence-electron chi connectivity index (χ1n) is 6.96. The van der Waals surface area contributed by atoms with Crippen molar-refractivity contribution in [2.24, 2.45) is 5.92 Å². The molecule has 0 aliphatic heterocycles. The Labute approximate surface area is 111 Å². The topological polar surface area (TPSA) is 12.0 Å². The highest BCUT2D eigenvalue weighted by atomic mass is 32.1. The fraction of sp³-hybridized carbons (Fsp3) is 0.733. The summed E-state index contributed by atoms with van der Waals surface area (Å²) in [5, 5.41) is 3.58. The first-order chi connectivity index (χ1) is 8.15. The lowest BCUT2D eigenvalue weighted by Gasteiger charge is -2.18. The van der Waals surface area contributed by atoms with E-state index in [9.17, 15) is 0 Å². The van der Waals surface area contributed by atoms with Crippen LogP contribution in [0.15, 0.2) is 12.1 Å². The molecule has 0 fully saturated rings. The van der Waals surface area contributed by atoms with Crippen molar-refractivity contribution in [2.75, 3.05) is 6.54 Å². The molecular formula is C15H27NS. The Hall–Kier alpha value is -0.340. The second kappa shape index (κ2) is 7.88. The first-order valence-corrected chi connectivity index (χ1v) is 7.78. The number of thiophene rings is 1. The normalized spacial score (nSPS) is 13.2. The van der Waals surface area contributed by atoms with Crippen molar-refractivity contribution in [3.05, 3.63) is 21.9 Å². The van der Waals surface area contributed by atoms with E-state index in [0.29, 0.717) is 6.04 Å². The molecule has 1 N–H and O–H groups in total. The van der Waals surface area contributed by atoms with Crippen LogP contribution in [0.4, 0.5) is 0 Å². The minimum absolute atomic E-state index is 0.601. The van der Waals surface area contributed by atoms with Gasteiger partial charge in [0.2, 0.25) is 0 Å². The van der Waals surface area contributed by atoms with E-state index < -0.39 is 0 Å². The molecule has 0 bridgehead atoms. The third-order valence-electron chi connectivity index (χ3n) is 3.07. The van der Waals surface area contributed by atoms with Crippen LogP contribution in [0.1, 0.15) is 50.3 Å². The summed E-state index contributed by atoms with van der Waals surface area (Å²) in [5.74, 6) is 0.797. The van der Waals surface area contributed by atoms with Crippen molar-refractivity contribution in [2.45, 2.75) is 59.4 Å². The molecule has 0 amide bonds. The van der Waals surface area contributed by atoms with E-state index in [1.54, 1.807) is 4.88 Å². The van der Waals surface area contributed by atoms with E-state index in [0.717, 1.165) is 12.5 Å². The van der Waals surface area contributed by atoms with E-state index in [2.05, 4.69) is 45.1 Å². The molecule has 0 saturated carbocycles. The summed E-state index contributed by atoms with van der Waals surface area (Å²) in [6, 6.07) is 5.21. The second-order valence-electron chi connectivity index (χ2n) is 5.14. The van der Waals surface area contributed by atoms with Gasteiger partial charge in [-0.3, -0.25) is 0 Å². The van der Waals surface area contributed by atoms with Gasteiger partial charge in [-0.2, -0.15) is 0 Å². The maximum atomic E-state index is 3.58. The zero-order valence-corrected chi connectivity index (χ0v) is 12.6. The molecule has 17 heavy (non-hydrogen) atoms. The highest BCUT2D eigenvalue weighted by molar-refractivity contribution is 7.11. The quantitative estimate of drug-likeness (QED) is 0.729. The summed E-state index contributed by atoms with van der Waals surface area (Å²) in [5.41, 5.74) is 0. The lowest BCUT2D eigenvalue weighted by molar-refractivity contribution is 0.420. The molecule has 1 rings (SSSR count). The Morgan fingerprint density at radius 3 is 2.41 bits per heavy atom. The summed E-state index contributed by atoms with van der Waals surface area (Å²) in [7, 11) is 0. The summed E-state index contributed by atoms with van der Waals surface area (Å²) in [4.78, 5) is 3.08. The van der Waals surface area contributed by atoms with Crippen LogP contribution in [-0.4, -0.2) is 12.6 Å². The lowest BCUT2D eigenvalue weighted by atomic mass is 9.98. The second-order valence-corrected chi connectivity index (χ2v) is 6.40. The number of nitrogens with one attached hydrogen (secondary N) is 1. The minimum atomic E-state index is 0.601. The third kappa shape index (κ3) is 5.69. The van der Waals surface area contributed by atoms with Crippen molar-refractivity contribution >= 4 is 11.3 Å². The molecule has 0 aromatic carbocycles. The molecule has 2 heteroatoms. The molecule has 0 spiro atoms. The van der Waals surface area contributed by atoms with Gasteiger partial charge in [-0.25, -0.2) is 0 Å². The van der Waals surface area contributed by atoms with Gasteiger partial charge in [0, 0.05) is 15.8 Å². The molecule has 0 aliphatic rings. The number of aryl methyl sites for hydroxylation is 1. The van der Waals surface area contributed by atoms with Crippen LogP contribution in [0.25, 0.3) is 0 Å². The molecule has 98 valence electrons. The van der Waals surface area contributed by atoms with Gasteiger partial charge in [0.05, 0.1) is 0 Å². The largest absolute Gasteiger partial charge is 0.314 e. The fourth-order valence-corrected chi connectivity index (χ4v) is 3.17. The van der Waals surface area contributed by atoms with Gasteiger partial charge < -0.3 is 5.32 Å². The number of hydrogen-bond donors (Lipinski definition) is 1. The zero-order valence-electron chi connectivity index (χ0n) is 11.8. The van der Waals surface area contributed by atoms with Gasteiger partial charge in [-0.05, 0) is 43.9 Å². The Bertz CT molecular complexity index is 304. The van der Waals surface area contributed by atoms with Crippen molar-refractivity contribution in [1.82, 2.24) is 5.32 Å². The SMILES string of the molecule is CCCC(CNC(C)C)Cc1ccc(CC)s1. The van der Waals surface area contributed by atoms with E-state index in [4.69, 9.17) is 0 Å². The Morgan fingerprint density at radius 1 is 1.18 bits per heavy atom. The number of hydrogen-bond acceptors (Lipinski definition) is 2. The molecule has 1 aromatic rings. The van der Waals surface area contributed by atoms with Crippen molar-refractivity contribution in [3.63, 3.8) is 0 Å². The lowest BCUT2D eigenvalue weighted by Crippen LogP contribution is -2.29. The van der Waals surface area contributed by atoms with Gasteiger partial charge in [0.25, 0.3) is 0 Å². The van der Waals surface area contributed by atoms with E-state index in [1.165, 1.54) is 30.6 Å². The molecule has 1 aromatic heterocycles. The number of rotatable bonds is 8. The summed E-state index contributed by atoms with van der Waals surface area (Å²) < 4.78 is 0. The molecule has 1 heterocycles. The van der Waals surface area contributed by atoms with Crippen molar-refractivity contribution in [1.29, 1.82) is 0 Å². The minimum Gasteiger partial charge on any atom is -0.314 e. The van der Waals surface area contributed by atoms with Gasteiger partial charge >= 0.3 is 0 Å². The summed E-state index contributed by atoms with van der Waals surface area (Å²) in [6.45, 7) is 10.1. The first kappa shape index (κ1) is 14.7. The van der Waals surface area contributed by atoms with Crippen LogP contribution >= 0.6 is 11.3 Å². The van der Waals surface area contributed by atoms with Crippen LogP contribution in [0, 0.1) is 5.92 Å². The van der Waals surface area contributed by atoms with Crippen LogP contribution in [-0.2, 0) is 12.8 Å². The molecule has 0 radical (unpaired) electrons. The van der Waals surface area contributed by atoms with Crippen LogP contribution in [0.3, 0.4) is 0 Å². The highest BCUT2D eigenvalue weighted by Crippen LogP contribution is 2.22. The Balaban J connectivity index is 2.47. The Kier molecular flexibility index (Phi) is 6.83. The molecule has 0 saturated heterocycles. The van der Waals surface area contributed by atoms with E-state index in [-0.39, 0.29) is 0 Å². The summed E-state index contributed by atoms with van der Waals surface area (Å²) in [6.07, 6.45) is 5.04. The predicted octanol–water partition coefficient (Wildman–Crippen LogP) is 4.27. The predicted molar refractivity (Wildman–Crippen MR) is 78.9 cm³/mol. The molecule has 1 nitrogen and oxygen atoms in total. The van der Waals surface area contributed by atoms with Crippen molar-refractivity contribution < 1.29 is 0 Å². The van der Waals surface area contributed by atoms with Gasteiger partial charge in [-0.15, -0.1) is 11.3 Å². The van der Waals surface area contributed by atoms with Crippen LogP contribution in [0.5, 0.6) is 0 Å². The molecular weight excluding hydrogens is 226 g/mol. The Morgan fingerprint density at radius 2 is 1.88 bits per heavy atom. The average Bonchev–Trinajstić information content (AvgIpc) is 2.74. The van der Waals surface area contributed by atoms with E-state index in [1.807, 2.05) is 11.3 Å². The summed E-state index contributed by atoms with van der Waals surface area (Å²) >= 11 is 1.99. The standard InChI is InChI=1S/C15H27NS/c1-5-7-13(11-16-12(3)4)10-15-9-8-14(6-2)17-15/h8-9,12-13,16H,5-7,10-11H2,1-4H3. The molecule has 1 atom stereocenters. The molecule has 1 unspecified atom stereocenters. The van der Waals surface area contributed by atoms with Gasteiger partial charge in [0.1, 0.15) is 0 Å². The van der Waals surface area contributed by atoms with E-state index >= 15 is 0 Å². The fourth-order valence-electron chi connectivity index (χ4n) is 2.09. The zero-order chi connectivity index (χ0) is 12.7. The van der Waals surface area contributed by atoms with Gasteiger partial charge in [-0.1, -0.05) is 34.1 Å². The van der Waals surface area contributed by atoms with Gasteiger partial charge in [0.15, 0.2) is 0 Å². The maximum absolute atomic E-state index is 3.58. The molecule has 0 aliphatic carbocycles. The average molecular weight is 253 g/mol. The smallest absolute Gasteiger partial charge is 0.00514 e. The monoisotopic (exact) mass is 253 g/mol.